The van der Waals surface area contributed by atoms with Crippen LogP contribution in [-0.2, 0) is 0 Å². The second-order valence-electron chi connectivity index (χ2n) is 6.11. The highest BCUT2D eigenvalue weighted by Crippen LogP contribution is 2.26. The molecule has 25 heavy (non-hydrogen) atoms. The number of carbonyl (C=O) groups is 1. The molecule has 3 rings (SSSR count). The van der Waals surface area contributed by atoms with Gasteiger partial charge in [0.25, 0.3) is 5.91 Å². The Morgan fingerprint density at radius 1 is 1.12 bits per heavy atom. The summed E-state index contributed by atoms with van der Waals surface area (Å²) < 4.78 is 10.5. The monoisotopic (exact) mass is 342 g/mol. The van der Waals surface area contributed by atoms with Crippen LogP contribution in [0.5, 0.6) is 11.5 Å². The van der Waals surface area contributed by atoms with E-state index in [0.717, 1.165) is 24.6 Å². The Morgan fingerprint density at radius 2 is 1.76 bits per heavy atom. The van der Waals surface area contributed by atoms with E-state index in [1.54, 1.807) is 37.3 Å². The van der Waals surface area contributed by atoms with E-state index in [1.165, 1.54) is 0 Å². The van der Waals surface area contributed by atoms with Gasteiger partial charge >= 0.3 is 0 Å². The minimum Gasteiger partial charge on any atom is -0.497 e. The number of hydrogen-bond donors (Lipinski definition) is 0. The molecule has 0 bridgehead atoms. The zero-order valence-corrected chi connectivity index (χ0v) is 14.9. The SMILES string of the molecule is COc1cc(OC)cc(C(=O)N(C)C2CN(c3ccc(C)nn3)C2)c1. The van der Waals surface area contributed by atoms with E-state index in [0.29, 0.717) is 17.1 Å². The number of methoxy groups -OCH3 is 2. The van der Waals surface area contributed by atoms with Crippen LogP contribution in [0, 0.1) is 6.92 Å². The second kappa shape index (κ2) is 6.96. The Hall–Kier alpha value is -2.83. The summed E-state index contributed by atoms with van der Waals surface area (Å²) in [6.45, 7) is 3.38. The first-order valence-electron chi connectivity index (χ1n) is 8.07. The molecule has 7 heteroatoms. The van der Waals surface area contributed by atoms with Crippen molar-refractivity contribution in [1.29, 1.82) is 0 Å². The zero-order valence-electron chi connectivity index (χ0n) is 14.9. The molecule has 7 nitrogen and oxygen atoms in total. The van der Waals surface area contributed by atoms with Crippen LogP contribution in [0.1, 0.15) is 16.1 Å². The summed E-state index contributed by atoms with van der Waals surface area (Å²) in [4.78, 5) is 16.6. The van der Waals surface area contributed by atoms with Gasteiger partial charge in [-0.25, -0.2) is 0 Å². The molecular weight excluding hydrogens is 320 g/mol. The van der Waals surface area contributed by atoms with Crippen molar-refractivity contribution in [1.82, 2.24) is 15.1 Å². The number of likely N-dealkylation sites (N-methyl/N-ethyl adjacent to an activating group) is 1. The molecule has 0 spiro atoms. The van der Waals surface area contributed by atoms with Crippen molar-refractivity contribution in [3.8, 4) is 11.5 Å². The molecule has 2 aromatic rings. The summed E-state index contributed by atoms with van der Waals surface area (Å²) in [5.41, 5.74) is 1.44. The number of nitrogens with zero attached hydrogens (tertiary/aromatic N) is 4. The van der Waals surface area contributed by atoms with E-state index in [-0.39, 0.29) is 11.9 Å². The maximum absolute atomic E-state index is 12.8. The number of hydrogen-bond acceptors (Lipinski definition) is 6. The fourth-order valence-electron chi connectivity index (χ4n) is 2.75. The van der Waals surface area contributed by atoms with Crippen molar-refractivity contribution < 1.29 is 14.3 Å². The van der Waals surface area contributed by atoms with Crippen molar-refractivity contribution >= 4 is 11.7 Å². The fraction of sp³-hybridized carbons (Fsp3) is 0.389. The summed E-state index contributed by atoms with van der Waals surface area (Å²) in [5.74, 6) is 1.98. The summed E-state index contributed by atoms with van der Waals surface area (Å²) in [6, 6.07) is 9.22. The van der Waals surface area contributed by atoms with Crippen LogP contribution in [0.3, 0.4) is 0 Å². The van der Waals surface area contributed by atoms with Crippen LogP contribution < -0.4 is 14.4 Å². The number of aryl methyl sites for hydroxylation is 1. The average Bonchev–Trinajstić information content (AvgIpc) is 2.60. The van der Waals surface area contributed by atoms with Crippen molar-refractivity contribution in [2.75, 3.05) is 39.3 Å². The van der Waals surface area contributed by atoms with E-state index in [2.05, 4.69) is 15.1 Å². The third kappa shape index (κ3) is 3.50. The smallest absolute Gasteiger partial charge is 0.254 e. The quantitative estimate of drug-likeness (QED) is 0.825. The predicted octanol–water partition coefficient (Wildman–Crippen LogP) is 1.76. The maximum Gasteiger partial charge on any atom is 0.254 e. The lowest BCUT2D eigenvalue weighted by molar-refractivity contribution is 0.0704. The van der Waals surface area contributed by atoms with Crippen molar-refractivity contribution in [3.63, 3.8) is 0 Å². The van der Waals surface area contributed by atoms with Crippen LogP contribution in [-0.4, -0.2) is 61.4 Å². The molecule has 0 N–H and O–H groups in total. The van der Waals surface area contributed by atoms with Gasteiger partial charge in [-0.05, 0) is 31.2 Å². The molecule has 2 heterocycles. The Morgan fingerprint density at radius 3 is 2.28 bits per heavy atom. The highest BCUT2D eigenvalue weighted by Gasteiger charge is 2.34. The van der Waals surface area contributed by atoms with Gasteiger partial charge in [0, 0.05) is 31.8 Å². The first-order chi connectivity index (χ1) is 12.0. The molecule has 1 saturated heterocycles. The Labute approximate surface area is 147 Å². The number of aromatic nitrogens is 2. The Bertz CT molecular complexity index is 735. The molecular formula is C18H22N4O3. The van der Waals surface area contributed by atoms with E-state index in [9.17, 15) is 4.79 Å². The van der Waals surface area contributed by atoms with Gasteiger partial charge in [0.15, 0.2) is 5.82 Å². The highest BCUT2D eigenvalue weighted by molar-refractivity contribution is 5.95. The van der Waals surface area contributed by atoms with E-state index >= 15 is 0 Å². The number of anilines is 1. The largest absolute Gasteiger partial charge is 0.497 e. The van der Waals surface area contributed by atoms with Crippen LogP contribution >= 0.6 is 0 Å². The number of amides is 1. The molecule has 0 saturated carbocycles. The molecule has 0 radical (unpaired) electrons. The molecule has 1 amide bonds. The van der Waals surface area contributed by atoms with Crippen molar-refractivity contribution in [2.45, 2.75) is 13.0 Å². The maximum atomic E-state index is 12.8. The van der Waals surface area contributed by atoms with Gasteiger partial charge in [-0.1, -0.05) is 0 Å². The van der Waals surface area contributed by atoms with Gasteiger partial charge in [0.1, 0.15) is 11.5 Å². The lowest BCUT2D eigenvalue weighted by atomic mass is 10.1. The molecule has 0 atom stereocenters. The third-order valence-electron chi connectivity index (χ3n) is 4.44. The molecule has 1 aliphatic heterocycles. The van der Waals surface area contributed by atoms with E-state index < -0.39 is 0 Å². The molecule has 1 aromatic carbocycles. The minimum atomic E-state index is -0.0585. The molecule has 1 fully saturated rings. The van der Waals surface area contributed by atoms with E-state index in [4.69, 9.17) is 9.47 Å². The molecule has 1 aliphatic rings. The topological polar surface area (TPSA) is 67.8 Å². The Kier molecular flexibility index (Phi) is 4.74. The number of rotatable bonds is 5. The zero-order chi connectivity index (χ0) is 18.0. The normalized spacial score (nSPS) is 14.0. The van der Waals surface area contributed by atoms with Crippen LogP contribution in [0.25, 0.3) is 0 Å². The van der Waals surface area contributed by atoms with Crippen LogP contribution in [0.15, 0.2) is 30.3 Å². The van der Waals surface area contributed by atoms with Gasteiger partial charge in [0.2, 0.25) is 0 Å². The van der Waals surface area contributed by atoms with Gasteiger partial charge < -0.3 is 19.3 Å². The number of benzene rings is 1. The molecule has 0 aliphatic carbocycles. The second-order valence-corrected chi connectivity index (χ2v) is 6.11. The fourth-order valence-corrected chi connectivity index (χ4v) is 2.75. The van der Waals surface area contributed by atoms with Crippen molar-refractivity contribution in [2.24, 2.45) is 0 Å². The summed E-state index contributed by atoms with van der Waals surface area (Å²) in [5, 5.41) is 8.25. The first kappa shape index (κ1) is 17.0. The first-order valence-corrected chi connectivity index (χ1v) is 8.07. The van der Waals surface area contributed by atoms with Gasteiger partial charge in [-0.2, -0.15) is 5.10 Å². The van der Waals surface area contributed by atoms with Crippen LogP contribution in [0.2, 0.25) is 0 Å². The number of carbonyl (C=O) groups excluding carboxylic acids is 1. The average molecular weight is 342 g/mol. The van der Waals surface area contributed by atoms with Gasteiger partial charge in [0.05, 0.1) is 26.0 Å². The molecule has 132 valence electrons. The minimum absolute atomic E-state index is 0.0585. The standard InChI is InChI=1S/C18H22N4O3/c1-12-5-6-17(20-19-12)22-10-14(11-22)21(2)18(23)13-7-15(24-3)9-16(8-13)25-4/h5-9,14H,10-11H2,1-4H3. The summed E-state index contributed by atoms with van der Waals surface area (Å²) in [7, 11) is 4.95. The van der Waals surface area contributed by atoms with Gasteiger partial charge in [-0.15, -0.1) is 5.10 Å². The highest BCUT2D eigenvalue weighted by atomic mass is 16.5. The third-order valence-corrected chi connectivity index (χ3v) is 4.44. The van der Waals surface area contributed by atoms with Crippen LogP contribution in [0.4, 0.5) is 5.82 Å². The lowest BCUT2D eigenvalue weighted by Gasteiger charge is -2.44. The van der Waals surface area contributed by atoms with E-state index in [1.807, 2.05) is 26.1 Å². The van der Waals surface area contributed by atoms with Crippen molar-refractivity contribution in [3.05, 3.63) is 41.6 Å². The number of ether oxygens (including phenoxy) is 2. The Balaban J connectivity index is 1.67. The molecule has 0 unspecified atom stereocenters. The predicted molar refractivity (Wildman–Crippen MR) is 94.4 cm³/mol. The van der Waals surface area contributed by atoms with Gasteiger partial charge in [-0.3, -0.25) is 4.79 Å². The summed E-state index contributed by atoms with van der Waals surface area (Å²) >= 11 is 0. The lowest BCUT2D eigenvalue weighted by Crippen LogP contribution is -2.60. The molecule has 1 aromatic heterocycles. The summed E-state index contributed by atoms with van der Waals surface area (Å²) in [6.07, 6.45) is 0.